The molecule has 0 unspecified atom stereocenters. The topological polar surface area (TPSA) is 0 Å². The van der Waals surface area contributed by atoms with Crippen LogP contribution in [0.2, 0.25) is 5.02 Å². The first-order chi connectivity index (χ1) is 5.96. The van der Waals surface area contributed by atoms with Crippen LogP contribution in [0.15, 0.2) is 23.1 Å². The van der Waals surface area contributed by atoms with E-state index < -0.39 is 11.7 Å². The quantitative estimate of drug-likeness (QED) is 0.698. The number of hydrogen-bond acceptors (Lipinski definition) is 1. The molecule has 1 aromatic rings. The van der Waals surface area contributed by atoms with E-state index in [-0.39, 0.29) is 9.92 Å². The minimum Gasteiger partial charge on any atom is -0.166 e. The molecule has 6 heteroatoms. The molecule has 72 valence electrons. The highest BCUT2D eigenvalue weighted by atomic mass is 35.7. The normalized spacial score (nSPS) is 11.8. The predicted molar refractivity (Wildman–Crippen MR) is 48.2 cm³/mol. The van der Waals surface area contributed by atoms with Crippen molar-refractivity contribution < 1.29 is 13.2 Å². The lowest BCUT2D eigenvalue weighted by molar-refractivity contribution is -0.139. The Hall–Kier alpha value is -0.0600. The Balaban J connectivity index is 3.29. The summed E-state index contributed by atoms with van der Waals surface area (Å²) in [5.41, 5.74) is -0.806. The highest BCUT2D eigenvalue weighted by Crippen LogP contribution is 2.41. The van der Waals surface area contributed by atoms with Crippen molar-refractivity contribution in [2.45, 2.75) is 11.1 Å². The van der Waals surface area contributed by atoms with Gasteiger partial charge in [-0.05, 0) is 33.8 Å². The summed E-state index contributed by atoms with van der Waals surface area (Å²) >= 11 is 5.53. The lowest BCUT2D eigenvalue weighted by atomic mass is 10.2. The summed E-state index contributed by atoms with van der Waals surface area (Å²) in [7, 11) is 5.74. The first kappa shape index (κ1) is 11.0. The van der Waals surface area contributed by atoms with Crippen LogP contribution in [-0.4, -0.2) is 0 Å². The lowest BCUT2D eigenvalue weighted by Crippen LogP contribution is -2.06. The van der Waals surface area contributed by atoms with Crippen molar-refractivity contribution >= 4 is 33.3 Å². The van der Waals surface area contributed by atoms with Crippen LogP contribution in [0.5, 0.6) is 0 Å². The van der Waals surface area contributed by atoms with Gasteiger partial charge in [0.15, 0.2) is 0 Å². The second-order valence-electron chi connectivity index (χ2n) is 2.19. The molecule has 0 aliphatic carbocycles. The number of benzene rings is 1. The van der Waals surface area contributed by atoms with Gasteiger partial charge in [-0.1, -0.05) is 17.7 Å². The molecule has 0 radical (unpaired) electrons. The number of rotatable bonds is 1. The summed E-state index contributed by atoms with van der Waals surface area (Å²) in [4.78, 5) is -0.154. The van der Waals surface area contributed by atoms with Gasteiger partial charge in [0.25, 0.3) is 0 Å². The summed E-state index contributed by atoms with van der Waals surface area (Å²) in [6.45, 7) is 0. The van der Waals surface area contributed by atoms with E-state index >= 15 is 0 Å². The van der Waals surface area contributed by atoms with Crippen LogP contribution in [-0.2, 0) is 6.18 Å². The molecule has 0 amide bonds. The monoisotopic (exact) mass is 246 g/mol. The summed E-state index contributed by atoms with van der Waals surface area (Å²) in [6.07, 6.45) is -4.41. The van der Waals surface area contributed by atoms with Crippen molar-refractivity contribution in [2.24, 2.45) is 0 Å². The van der Waals surface area contributed by atoms with Gasteiger partial charge in [-0.3, -0.25) is 0 Å². The van der Waals surface area contributed by atoms with Crippen LogP contribution >= 0.6 is 33.3 Å². The summed E-state index contributed by atoms with van der Waals surface area (Å²) in [5, 5.41) is 0.00910. The fourth-order valence-corrected chi connectivity index (χ4v) is 2.13. The van der Waals surface area contributed by atoms with Gasteiger partial charge in [0.05, 0.1) is 15.5 Å². The highest BCUT2D eigenvalue weighted by Gasteiger charge is 2.34. The van der Waals surface area contributed by atoms with E-state index in [9.17, 15) is 13.2 Å². The molecule has 1 rings (SSSR count). The van der Waals surface area contributed by atoms with Crippen LogP contribution in [0, 0.1) is 0 Å². The molecular formula is C7H3Cl2F3S. The molecule has 13 heavy (non-hydrogen) atoms. The van der Waals surface area contributed by atoms with Crippen molar-refractivity contribution in [1.29, 1.82) is 0 Å². The van der Waals surface area contributed by atoms with Crippen LogP contribution in [0.4, 0.5) is 13.2 Å². The van der Waals surface area contributed by atoms with E-state index in [1.165, 1.54) is 12.1 Å². The fraction of sp³-hybridized carbons (Fsp3) is 0.143. The average molecular weight is 247 g/mol. The Morgan fingerprint density at radius 1 is 1.23 bits per heavy atom. The van der Waals surface area contributed by atoms with Gasteiger partial charge >= 0.3 is 6.18 Å². The molecule has 0 fully saturated rings. The van der Waals surface area contributed by atoms with Gasteiger partial charge in [-0.15, -0.1) is 0 Å². The van der Waals surface area contributed by atoms with Crippen LogP contribution in [0.25, 0.3) is 0 Å². The molecule has 0 saturated carbocycles. The Labute approximate surface area is 86.5 Å². The SMILES string of the molecule is FC(F)(F)c1cccc(Cl)c1SCl. The number of alkyl halides is 3. The maximum atomic E-state index is 12.3. The molecule has 0 nitrogen and oxygen atoms in total. The third-order valence-corrected chi connectivity index (χ3v) is 2.83. The molecule has 0 N–H and O–H groups in total. The van der Waals surface area contributed by atoms with Gasteiger partial charge in [-0.2, -0.15) is 13.2 Å². The summed E-state index contributed by atoms with van der Waals surface area (Å²) in [6, 6.07) is 3.54. The summed E-state index contributed by atoms with van der Waals surface area (Å²) < 4.78 is 36.9. The van der Waals surface area contributed by atoms with E-state index in [1.54, 1.807) is 0 Å². The molecular weight excluding hydrogens is 244 g/mol. The third kappa shape index (κ3) is 2.45. The Morgan fingerprint density at radius 3 is 2.23 bits per heavy atom. The molecule has 0 aromatic heterocycles. The van der Waals surface area contributed by atoms with Gasteiger partial charge in [0, 0.05) is 0 Å². The highest BCUT2D eigenvalue weighted by molar-refractivity contribution is 8.21. The van der Waals surface area contributed by atoms with E-state index in [2.05, 4.69) is 0 Å². The standard InChI is InChI=1S/C7H3Cl2F3S/c8-5-3-1-2-4(6(5)13-9)7(10,11)12/h1-3H. The van der Waals surface area contributed by atoms with Crippen molar-refractivity contribution in [2.75, 3.05) is 0 Å². The molecule has 0 saturated heterocycles. The van der Waals surface area contributed by atoms with E-state index in [1.807, 2.05) is 0 Å². The van der Waals surface area contributed by atoms with Gasteiger partial charge in [0.1, 0.15) is 0 Å². The predicted octanol–water partition coefficient (Wildman–Crippen LogP) is 4.60. The summed E-state index contributed by atoms with van der Waals surface area (Å²) in [5.74, 6) is 0. The smallest absolute Gasteiger partial charge is 0.166 e. The van der Waals surface area contributed by atoms with Crippen molar-refractivity contribution in [3.63, 3.8) is 0 Å². The molecule has 0 bridgehead atoms. The molecule has 0 aliphatic rings. The zero-order chi connectivity index (χ0) is 10.1. The van der Waals surface area contributed by atoms with Crippen LogP contribution < -0.4 is 0 Å². The molecule has 1 aromatic carbocycles. The lowest BCUT2D eigenvalue weighted by Gasteiger charge is -2.10. The maximum absolute atomic E-state index is 12.3. The zero-order valence-electron chi connectivity index (χ0n) is 6.03. The third-order valence-electron chi connectivity index (χ3n) is 1.35. The van der Waals surface area contributed by atoms with Gasteiger partial charge < -0.3 is 0 Å². The minimum atomic E-state index is -4.41. The zero-order valence-corrected chi connectivity index (χ0v) is 8.36. The van der Waals surface area contributed by atoms with Crippen LogP contribution in [0.3, 0.4) is 0 Å². The van der Waals surface area contributed by atoms with Crippen molar-refractivity contribution in [3.8, 4) is 0 Å². The Morgan fingerprint density at radius 2 is 1.85 bits per heavy atom. The number of halogens is 5. The Kier molecular flexibility index (Phi) is 3.38. The van der Waals surface area contributed by atoms with Gasteiger partial charge in [0.2, 0.25) is 0 Å². The molecule has 0 spiro atoms. The van der Waals surface area contributed by atoms with E-state index in [0.717, 1.165) is 6.07 Å². The Bertz CT molecular complexity index is 311. The molecule has 0 heterocycles. The number of hydrogen-bond donors (Lipinski definition) is 0. The van der Waals surface area contributed by atoms with Crippen LogP contribution in [0.1, 0.15) is 5.56 Å². The van der Waals surface area contributed by atoms with E-state index in [4.69, 9.17) is 22.3 Å². The average Bonchev–Trinajstić information content (AvgIpc) is 2.02. The second kappa shape index (κ2) is 3.98. The minimum absolute atomic E-state index is 0.00910. The van der Waals surface area contributed by atoms with Gasteiger partial charge in [-0.25, -0.2) is 0 Å². The first-order valence-corrected chi connectivity index (χ1v) is 5.13. The second-order valence-corrected chi connectivity index (χ2v) is 3.62. The largest absolute Gasteiger partial charge is 0.417 e. The molecule has 0 atom stereocenters. The maximum Gasteiger partial charge on any atom is 0.417 e. The van der Waals surface area contributed by atoms with Crippen molar-refractivity contribution in [1.82, 2.24) is 0 Å². The fourth-order valence-electron chi connectivity index (χ4n) is 0.810. The van der Waals surface area contributed by atoms with E-state index in [0.29, 0.717) is 11.0 Å². The first-order valence-electron chi connectivity index (χ1n) is 3.11. The van der Waals surface area contributed by atoms with Crippen molar-refractivity contribution in [3.05, 3.63) is 28.8 Å². The molecule has 0 aliphatic heterocycles.